The molecule has 6 rings (SSSR count). The molecule has 2 fully saturated rings. The van der Waals surface area contributed by atoms with E-state index < -0.39 is 11.6 Å². The van der Waals surface area contributed by atoms with Gasteiger partial charge in [-0.1, -0.05) is 11.8 Å². The number of hydrogen-bond acceptors (Lipinski definition) is 8. The number of ether oxygens (including phenoxy) is 2. The van der Waals surface area contributed by atoms with Crippen LogP contribution in [0.5, 0.6) is 0 Å². The predicted molar refractivity (Wildman–Crippen MR) is 169 cm³/mol. The van der Waals surface area contributed by atoms with Crippen molar-refractivity contribution in [1.29, 1.82) is 0 Å². The zero-order chi connectivity index (χ0) is 30.5. The minimum atomic E-state index is -0.635. The summed E-state index contributed by atoms with van der Waals surface area (Å²) in [6.07, 6.45) is 1.72. The Morgan fingerprint density at radius 2 is 1.75 bits per heavy atom. The fraction of sp³-hybridized carbons (Fsp3) is 0.375. The largest absolute Gasteiger partial charge is 0.381 e. The van der Waals surface area contributed by atoms with Crippen molar-refractivity contribution in [2.24, 2.45) is 0 Å². The predicted octanol–water partition coefficient (Wildman–Crippen LogP) is 5.60. The lowest BCUT2D eigenvalue weighted by Gasteiger charge is -2.30. The molecule has 44 heavy (non-hydrogen) atoms. The molecule has 0 radical (unpaired) electrons. The van der Waals surface area contributed by atoms with Crippen LogP contribution >= 0.6 is 11.8 Å². The van der Waals surface area contributed by atoms with Gasteiger partial charge in [0.1, 0.15) is 11.6 Å². The second kappa shape index (κ2) is 13.9. The Labute approximate surface area is 259 Å². The number of hydrogen-bond donors (Lipinski definition) is 3. The normalized spacial score (nSPS) is 16.2. The summed E-state index contributed by atoms with van der Waals surface area (Å²) < 4.78 is 38.5. The number of benzene rings is 3. The van der Waals surface area contributed by atoms with Gasteiger partial charge >= 0.3 is 0 Å². The molecule has 4 aromatic rings. The van der Waals surface area contributed by atoms with E-state index in [1.807, 2.05) is 36.4 Å². The summed E-state index contributed by atoms with van der Waals surface area (Å²) in [6.45, 7) is 6.57. The smallest absolute Gasteiger partial charge is 0.258 e. The molecule has 3 heterocycles. The number of aromatic nitrogens is 2. The molecule has 12 heteroatoms. The lowest BCUT2D eigenvalue weighted by atomic mass is 10.1. The molecule has 0 unspecified atom stereocenters. The third-order valence-electron chi connectivity index (χ3n) is 7.96. The fourth-order valence-electron chi connectivity index (χ4n) is 5.44. The quantitative estimate of drug-likeness (QED) is 0.210. The van der Waals surface area contributed by atoms with Crippen molar-refractivity contribution in [3.05, 3.63) is 71.8 Å². The van der Waals surface area contributed by atoms with E-state index in [2.05, 4.69) is 37.7 Å². The van der Waals surface area contributed by atoms with E-state index in [0.717, 1.165) is 80.1 Å². The maximum atomic E-state index is 13.7. The first-order chi connectivity index (χ1) is 21.4. The van der Waals surface area contributed by atoms with E-state index in [4.69, 9.17) is 9.47 Å². The zero-order valence-electron chi connectivity index (χ0n) is 24.6. The van der Waals surface area contributed by atoms with Crippen LogP contribution in [0.2, 0.25) is 0 Å². The minimum Gasteiger partial charge on any atom is -0.381 e. The summed E-state index contributed by atoms with van der Waals surface area (Å²) in [5.74, 6) is -1.18. The van der Waals surface area contributed by atoms with Crippen LogP contribution in [0.3, 0.4) is 0 Å². The highest BCUT2D eigenvalue weighted by Crippen LogP contribution is 2.33. The molecular formula is C32H36F2N6O3S. The highest BCUT2D eigenvalue weighted by molar-refractivity contribution is 7.99. The highest BCUT2D eigenvalue weighted by Gasteiger charge is 2.21. The Bertz CT molecular complexity index is 1590. The average molecular weight is 623 g/mol. The Morgan fingerprint density at radius 1 is 1.00 bits per heavy atom. The number of halogens is 2. The number of anilines is 3. The molecular weight excluding hydrogens is 586 g/mol. The van der Waals surface area contributed by atoms with Crippen LogP contribution in [0, 0.1) is 11.6 Å². The van der Waals surface area contributed by atoms with Gasteiger partial charge in [0.05, 0.1) is 24.3 Å². The van der Waals surface area contributed by atoms with E-state index in [0.29, 0.717) is 34.9 Å². The number of aromatic amines is 1. The number of fused-ring (bicyclic) bond motifs is 1. The molecule has 3 N–H and O–H groups in total. The number of morpholine rings is 1. The second-order valence-electron chi connectivity index (χ2n) is 11.1. The molecule has 1 aromatic heterocycles. The Kier molecular flexibility index (Phi) is 9.60. The van der Waals surface area contributed by atoms with E-state index in [1.54, 1.807) is 0 Å². The molecule has 232 valence electrons. The lowest BCUT2D eigenvalue weighted by molar-refractivity contribution is 0.0393. The summed E-state index contributed by atoms with van der Waals surface area (Å²) in [6, 6.07) is 15.0. The fourth-order valence-corrected chi connectivity index (χ4v) is 6.37. The van der Waals surface area contributed by atoms with E-state index >= 15 is 0 Å². The maximum Gasteiger partial charge on any atom is 0.258 e. The third kappa shape index (κ3) is 7.49. The molecule has 2 aliphatic rings. The molecule has 0 atom stereocenters. The average Bonchev–Trinajstić information content (AvgIpc) is 3.42. The summed E-state index contributed by atoms with van der Waals surface area (Å²) in [4.78, 5) is 19.5. The van der Waals surface area contributed by atoms with Crippen molar-refractivity contribution < 1.29 is 23.0 Å². The molecule has 0 bridgehead atoms. The van der Waals surface area contributed by atoms with Crippen molar-refractivity contribution in [2.75, 3.05) is 75.2 Å². The van der Waals surface area contributed by atoms with Gasteiger partial charge in [-0.3, -0.25) is 14.8 Å². The first kappa shape index (κ1) is 30.3. The molecule has 2 aliphatic heterocycles. The van der Waals surface area contributed by atoms with Crippen LogP contribution in [0.1, 0.15) is 23.2 Å². The van der Waals surface area contributed by atoms with Crippen molar-refractivity contribution in [3.8, 4) is 0 Å². The number of nitrogens with one attached hydrogen (secondary N) is 3. The molecule has 1 amide bonds. The first-order valence-electron chi connectivity index (χ1n) is 14.8. The zero-order valence-corrected chi connectivity index (χ0v) is 25.4. The van der Waals surface area contributed by atoms with E-state index in [-0.39, 0.29) is 11.9 Å². The molecule has 2 saturated heterocycles. The van der Waals surface area contributed by atoms with Gasteiger partial charge in [-0.05, 0) is 61.4 Å². The van der Waals surface area contributed by atoms with Gasteiger partial charge in [-0.15, -0.1) is 0 Å². The van der Waals surface area contributed by atoms with Gasteiger partial charge in [-0.25, -0.2) is 8.78 Å². The molecule has 0 saturated carbocycles. The second-order valence-corrected chi connectivity index (χ2v) is 12.2. The van der Waals surface area contributed by atoms with Crippen LogP contribution in [0.15, 0.2) is 64.4 Å². The van der Waals surface area contributed by atoms with Gasteiger partial charge in [0.25, 0.3) is 5.91 Å². The van der Waals surface area contributed by atoms with Crippen molar-refractivity contribution in [3.63, 3.8) is 0 Å². The molecule has 0 aliphatic carbocycles. The summed E-state index contributed by atoms with van der Waals surface area (Å²) in [5.41, 5.74) is 3.02. The Hall–Kier alpha value is -3.71. The summed E-state index contributed by atoms with van der Waals surface area (Å²) >= 11 is 1.23. The standard InChI is InChI=1S/C32H36F2N6O3S/c1-39(8-9-40-10-14-43-15-11-40)24-2-4-27(30(19-24)35-23-6-12-42-13-7-23)32(41)36-31-28-20-25(3-5-29(28)37-38-31)44-26-17-21(33)16-22(34)18-26/h2-5,16-20,23,35H,6-15H2,1H3,(H2,36,37,38,41). The summed E-state index contributed by atoms with van der Waals surface area (Å²) in [5, 5.41) is 14.6. The minimum absolute atomic E-state index is 0.197. The molecule has 0 spiro atoms. The number of rotatable bonds is 10. The lowest BCUT2D eigenvalue weighted by Crippen LogP contribution is -2.40. The Morgan fingerprint density at radius 3 is 2.52 bits per heavy atom. The first-order valence-corrected chi connectivity index (χ1v) is 15.7. The van der Waals surface area contributed by atoms with Crippen LogP contribution in [0.4, 0.5) is 26.0 Å². The number of H-pyrrole nitrogens is 1. The number of amides is 1. The number of carbonyl (C=O) groups excluding carboxylic acids is 1. The van der Waals surface area contributed by atoms with Gasteiger partial charge < -0.3 is 25.0 Å². The van der Waals surface area contributed by atoms with Crippen molar-refractivity contribution in [2.45, 2.75) is 28.7 Å². The molecule has 9 nitrogen and oxygen atoms in total. The van der Waals surface area contributed by atoms with Crippen LogP contribution in [-0.2, 0) is 9.47 Å². The van der Waals surface area contributed by atoms with E-state index in [1.165, 1.54) is 23.9 Å². The SMILES string of the molecule is CN(CCN1CCOCC1)c1ccc(C(=O)Nc2n[nH]c3ccc(Sc4cc(F)cc(F)c4)cc23)c(NC2CCOCC2)c1. The van der Waals surface area contributed by atoms with Gasteiger partial charge in [0, 0.05) is 85.1 Å². The third-order valence-corrected chi connectivity index (χ3v) is 8.92. The summed E-state index contributed by atoms with van der Waals surface area (Å²) in [7, 11) is 2.07. The van der Waals surface area contributed by atoms with Crippen LogP contribution in [-0.4, -0.2) is 86.7 Å². The topological polar surface area (TPSA) is 94.8 Å². The van der Waals surface area contributed by atoms with Gasteiger partial charge in [0.2, 0.25) is 0 Å². The highest BCUT2D eigenvalue weighted by atomic mass is 32.2. The van der Waals surface area contributed by atoms with Crippen molar-refractivity contribution >= 4 is 45.8 Å². The monoisotopic (exact) mass is 622 g/mol. The molecule has 3 aromatic carbocycles. The number of carbonyl (C=O) groups is 1. The van der Waals surface area contributed by atoms with Gasteiger partial charge in [0.15, 0.2) is 5.82 Å². The van der Waals surface area contributed by atoms with Crippen molar-refractivity contribution in [1.82, 2.24) is 15.1 Å². The van der Waals surface area contributed by atoms with Crippen LogP contribution in [0.25, 0.3) is 10.9 Å². The van der Waals surface area contributed by atoms with E-state index in [9.17, 15) is 13.6 Å². The maximum absolute atomic E-state index is 13.7. The Balaban J connectivity index is 1.21. The van der Waals surface area contributed by atoms with Gasteiger partial charge in [-0.2, -0.15) is 5.10 Å². The van der Waals surface area contributed by atoms with Crippen LogP contribution < -0.4 is 15.5 Å². The number of nitrogens with zero attached hydrogens (tertiary/aromatic N) is 3. The number of likely N-dealkylation sites (N-methyl/N-ethyl adjacent to an activating group) is 1.